The molecule has 0 aromatic heterocycles. The molecule has 0 bridgehead atoms. The zero-order chi connectivity index (χ0) is 21.3. The molecule has 7 heteroatoms. The molecule has 2 rings (SSSR count). The Hall–Kier alpha value is -3.06. The molecular weight excluding hydrogens is 384 g/mol. The minimum Gasteiger partial charge on any atom is -0.493 e. The normalized spacial score (nSPS) is 11.4. The van der Waals surface area contributed by atoms with Gasteiger partial charge in [0.25, 0.3) is 0 Å². The first-order valence-electron chi connectivity index (χ1n) is 9.36. The van der Waals surface area contributed by atoms with Crippen LogP contribution in [-0.4, -0.2) is 59.4 Å². The summed E-state index contributed by atoms with van der Waals surface area (Å²) in [4.78, 5) is 9.18. The van der Waals surface area contributed by atoms with E-state index < -0.39 is 0 Å². The molecule has 0 unspecified atom stereocenters. The summed E-state index contributed by atoms with van der Waals surface area (Å²) in [5.74, 6) is 2.79. The fraction of sp³-hybridized carbons (Fsp3) is 0.391. The van der Waals surface area contributed by atoms with E-state index in [-0.39, 0.29) is 10.9 Å². The van der Waals surface area contributed by atoms with Crippen LogP contribution in [0.5, 0.6) is 23.0 Å². The van der Waals surface area contributed by atoms with Gasteiger partial charge in [0.1, 0.15) is 0 Å². The van der Waals surface area contributed by atoms with E-state index in [1.165, 1.54) is 0 Å². The molecule has 0 saturated heterocycles. The second-order valence-corrected chi connectivity index (χ2v) is 7.33. The number of methoxy groups -OCH3 is 4. The fourth-order valence-corrected chi connectivity index (χ4v) is 2.71. The predicted molar refractivity (Wildman–Crippen MR) is 121 cm³/mol. The molecule has 0 spiro atoms. The second-order valence-electron chi connectivity index (χ2n) is 7.33. The largest absolute Gasteiger partial charge is 0.493 e. The first-order valence-corrected chi connectivity index (χ1v) is 9.36. The van der Waals surface area contributed by atoms with Crippen molar-refractivity contribution in [2.24, 2.45) is 15.4 Å². The Bertz CT molecular complexity index is 793. The Morgan fingerprint density at radius 3 is 1.37 bits per heavy atom. The third kappa shape index (κ3) is 7.08. The van der Waals surface area contributed by atoms with Crippen molar-refractivity contribution < 1.29 is 24.4 Å². The van der Waals surface area contributed by atoms with Crippen molar-refractivity contribution in [3.05, 3.63) is 47.5 Å². The van der Waals surface area contributed by atoms with Crippen molar-refractivity contribution in [3.8, 4) is 23.0 Å². The van der Waals surface area contributed by atoms with Gasteiger partial charge in [-0.3, -0.25) is 9.98 Å². The molecular formula is C23H32N2O5. The molecule has 0 aliphatic rings. The summed E-state index contributed by atoms with van der Waals surface area (Å²) in [6, 6.07) is 11.5. The van der Waals surface area contributed by atoms with E-state index in [4.69, 9.17) is 18.9 Å². The first-order chi connectivity index (χ1) is 13.9. The van der Waals surface area contributed by atoms with Crippen molar-refractivity contribution in [1.29, 1.82) is 0 Å². The van der Waals surface area contributed by atoms with Gasteiger partial charge in [0.15, 0.2) is 23.0 Å². The Labute approximate surface area is 178 Å². The van der Waals surface area contributed by atoms with Crippen molar-refractivity contribution >= 4 is 12.4 Å². The number of rotatable bonds is 10. The van der Waals surface area contributed by atoms with E-state index in [1.54, 1.807) is 28.4 Å². The summed E-state index contributed by atoms with van der Waals surface area (Å²) < 4.78 is 21.2. The molecule has 0 amide bonds. The van der Waals surface area contributed by atoms with Gasteiger partial charge in [0.05, 0.1) is 28.4 Å². The van der Waals surface area contributed by atoms with E-state index in [0.717, 1.165) is 11.1 Å². The summed E-state index contributed by atoms with van der Waals surface area (Å²) in [5.41, 5.74) is 1.86. The maximum Gasteiger partial charge on any atom is 0.161 e. The molecule has 0 radical (unpaired) electrons. The Balaban J connectivity index is 0.00000450. The van der Waals surface area contributed by atoms with Gasteiger partial charge in [-0.15, -0.1) is 0 Å². The molecule has 0 aliphatic carbocycles. The maximum atomic E-state index is 5.33. The molecule has 164 valence electrons. The maximum absolute atomic E-state index is 5.33. The molecule has 0 saturated carbocycles. The number of benzene rings is 2. The lowest BCUT2D eigenvalue weighted by Gasteiger charge is -2.19. The van der Waals surface area contributed by atoms with Crippen LogP contribution in [0.25, 0.3) is 0 Å². The number of nitrogens with zero attached hydrogens (tertiary/aromatic N) is 2. The monoisotopic (exact) mass is 416 g/mol. The third-order valence-corrected chi connectivity index (χ3v) is 4.33. The third-order valence-electron chi connectivity index (χ3n) is 4.33. The van der Waals surface area contributed by atoms with Gasteiger partial charge < -0.3 is 24.4 Å². The van der Waals surface area contributed by atoms with Gasteiger partial charge in [-0.2, -0.15) is 0 Å². The zero-order valence-corrected chi connectivity index (χ0v) is 18.6. The summed E-state index contributed by atoms with van der Waals surface area (Å²) in [7, 11) is 6.49. The molecule has 2 aromatic rings. The molecule has 7 nitrogen and oxygen atoms in total. The van der Waals surface area contributed by atoms with E-state index in [1.807, 2.05) is 48.8 Å². The van der Waals surface area contributed by atoms with Crippen molar-refractivity contribution in [2.75, 3.05) is 41.5 Å². The Morgan fingerprint density at radius 2 is 1.03 bits per heavy atom. The lowest BCUT2D eigenvalue weighted by atomic mass is 9.94. The number of ether oxygens (including phenoxy) is 4. The van der Waals surface area contributed by atoms with Crippen LogP contribution in [-0.2, 0) is 0 Å². The highest BCUT2D eigenvalue weighted by Gasteiger charge is 2.16. The highest BCUT2D eigenvalue weighted by atomic mass is 16.5. The van der Waals surface area contributed by atoms with E-state index in [9.17, 15) is 0 Å². The number of aliphatic imine (C=N–C) groups is 2. The van der Waals surface area contributed by atoms with Crippen LogP contribution < -0.4 is 18.9 Å². The lowest BCUT2D eigenvalue weighted by molar-refractivity contribution is 0.355. The van der Waals surface area contributed by atoms with Crippen LogP contribution in [0.1, 0.15) is 25.0 Å². The topological polar surface area (TPSA) is 93.1 Å². The minimum atomic E-state index is -0.0693. The van der Waals surface area contributed by atoms with Crippen LogP contribution >= 0.6 is 0 Å². The summed E-state index contributed by atoms with van der Waals surface area (Å²) in [6.07, 6.45) is 3.70. The molecule has 2 aromatic carbocycles. The Kier molecular flexibility index (Phi) is 9.84. The van der Waals surface area contributed by atoms with Gasteiger partial charge >= 0.3 is 0 Å². The number of hydrogen-bond acceptors (Lipinski definition) is 6. The van der Waals surface area contributed by atoms with Crippen molar-refractivity contribution in [2.45, 2.75) is 13.8 Å². The quantitative estimate of drug-likeness (QED) is 0.554. The standard InChI is InChI=1S/C23H30N2O4.H2O/c1-23(2,15-24-13-17-7-9-19(26-3)21(11-17)28-5)16-25-14-18-8-10-20(27-4)22(12-18)29-6;/h7-14H,15-16H2,1-6H3;1H2. The lowest BCUT2D eigenvalue weighted by Crippen LogP contribution is -2.19. The van der Waals surface area contributed by atoms with Gasteiger partial charge in [-0.05, 0) is 47.5 Å². The van der Waals surface area contributed by atoms with Crippen LogP contribution in [0.15, 0.2) is 46.4 Å². The summed E-state index contributed by atoms with van der Waals surface area (Å²) >= 11 is 0. The van der Waals surface area contributed by atoms with E-state index in [2.05, 4.69) is 23.8 Å². The molecule has 0 fully saturated rings. The van der Waals surface area contributed by atoms with Gasteiger partial charge in [0.2, 0.25) is 0 Å². The van der Waals surface area contributed by atoms with Gasteiger partial charge in [0, 0.05) is 30.9 Å². The molecule has 0 heterocycles. The summed E-state index contributed by atoms with van der Waals surface area (Å²) in [5, 5.41) is 0. The number of hydrogen-bond donors (Lipinski definition) is 0. The fourth-order valence-electron chi connectivity index (χ4n) is 2.71. The van der Waals surface area contributed by atoms with Gasteiger partial charge in [-0.25, -0.2) is 0 Å². The molecule has 0 atom stereocenters. The highest BCUT2D eigenvalue weighted by molar-refractivity contribution is 5.81. The van der Waals surface area contributed by atoms with Crippen LogP contribution in [0, 0.1) is 5.41 Å². The van der Waals surface area contributed by atoms with Crippen LogP contribution in [0.2, 0.25) is 0 Å². The average Bonchev–Trinajstić information content (AvgIpc) is 2.73. The van der Waals surface area contributed by atoms with Crippen molar-refractivity contribution in [3.63, 3.8) is 0 Å². The minimum absolute atomic E-state index is 0. The molecule has 0 aliphatic heterocycles. The SMILES string of the molecule is COc1ccc(C=NCC(C)(C)CN=Cc2ccc(OC)c(OC)c2)cc1OC.O. The van der Waals surface area contributed by atoms with Crippen LogP contribution in [0.3, 0.4) is 0 Å². The summed E-state index contributed by atoms with van der Waals surface area (Å²) in [6.45, 7) is 5.60. The first kappa shape index (κ1) is 25.0. The predicted octanol–water partition coefficient (Wildman–Crippen LogP) is 3.46. The molecule has 2 N–H and O–H groups in total. The molecule has 30 heavy (non-hydrogen) atoms. The van der Waals surface area contributed by atoms with Crippen LogP contribution in [0.4, 0.5) is 0 Å². The van der Waals surface area contributed by atoms with E-state index >= 15 is 0 Å². The Morgan fingerprint density at radius 1 is 0.667 bits per heavy atom. The average molecular weight is 417 g/mol. The van der Waals surface area contributed by atoms with Gasteiger partial charge in [-0.1, -0.05) is 13.8 Å². The zero-order valence-electron chi connectivity index (χ0n) is 18.6. The van der Waals surface area contributed by atoms with E-state index in [0.29, 0.717) is 36.1 Å². The van der Waals surface area contributed by atoms with Crippen molar-refractivity contribution in [1.82, 2.24) is 0 Å². The second kappa shape index (κ2) is 11.8. The highest BCUT2D eigenvalue weighted by Crippen LogP contribution is 2.28. The smallest absolute Gasteiger partial charge is 0.161 e.